The van der Waals surface area contributed by atoms with Crippen molar-refractivity contribution in [1.29, 1.82) is 0 Å². The first-order chi connectivity index (χ1) is 14.0. The van der Waals surface area contributed by atoms with E-state index in [-0.39, 0.29) is 11.7 Å². The van der Waals surface area contributed by atoms with Crippen molar-refractivity contribution in [1.82, 2.24) is 19.7 Å². The number of carboxylic acid groups (broad SMARTS) is 1. The average Bonchev–Trinajstić information content (AvgIpc) is 3.17. The van der Waals surface area contributed by atoms with E-state index in [4.69, 9.17) is 14.6 Å². The highest BCUT2D eigenvalue weighted by atomic mass is 16.7. The molecule has 0 aliphatic carbocycles. The lowest BCUT2D eigenvalue weighted by Gasteiger charge is -2.08. The van der Waals surface area contributed by atoms with Crippen LogP contribution in [0, 0.1) is 0 Å². The molecule has 0 spiro atoms. The number of rotatable bonds is 5. The molecule has 2 aromatic heterocycles. The molecule has 4 aromatic rings. The van der Waals surface area contributed by atoms with Crippen LogP contribution >= 0.6 is 0 Å². The summed E-state index contributed by atoms with van der Waals surface area (Å²) in [7, 11) is 1.58. The molecule has 0 bridgehead atoms. The number of aromatic nitrogens is 4. The number of ether oxygens (including phenoxy) is 3. The van der Waals surface area contributed by atoms with Gasteiger partial charge in [0.05, 0.1) is 30.4 Å². The molecular formula is C19H14N4O6. The number of hydrogen-bond donors (Lipinski definition) is 2. The second-order valence-corrected chi connectivity index (χ2v) is 5.83. The van der Waals surface area contributed by atoms with E-state index in [1.807, 2.05) is 0 Å². The fourth-order valence-electron chi connectivity index (χ4n) is 2.63. The number of nitrogens with one attached hydrogen (secondary N) is 1. The second kappa shape index (κ2) is 7.35. The van der Waals surface area contributed by atoms with Gasteiger partial charge in [-0.1, -0.05) is 0 Å². The summed E-state index contributed by atoms with van der Waals surface area (Å²) >= 11 is 0. The summed E-state index contributed by atoms with van der Waals surface area (Å²) in [5, 5.41) is 12.9. The summed E-state index contributed by atoms with van der Waals surface area (Å²) in [6.45, 7) is 0. The standard InChI is InChI=1S/C19H14N4O6/c1-27-11-2-4-12(5-3-11)28-13-6-7-16-15(8-13)17(24)22-18(21-16)23-10-14(9-20-23)29-19(25)26/h2-10H,1H3,(H,25,26)(H,21,22,24). The zero-order valence-corrected chi connectivity index (χ0v) is 15.0. The fraction of sp³-hybridized carbons (Fsp3) is 0.0526. The Bertz CT molecular complexity index is 1250. The first-order valence-corrected chi connectivity index (χ1v) is 8.33. The number of methoxy groups -OCH3 is 1. The Hall–Kier alpha value is -4.34. The molecule has 2 aromatic carbocycles. The summed E-state index contributed by atoms with van der Waals surface area (Å²) in [6.07, 6.45) is 1.03. The van der Waals surface area contributed by atoms with Gasteiger partial charge in [-0.2, -0.15) is 5.10 Å². The molecule has 0 amide bonds. The molecule has 29 heavy (non-hydrogen) atoms. The Kier molecular flexibility index (Phi) is 4.57. The van der Waals surface area contributed by atoms with E-state index in [2.05, 4.69) is 19.8 Å². The van der Waals surface area contributed by atoms with E-state index in [1.54, 1.807) is 49.6 Å². The number of aromatic amines is 1. The topological polar surface area (TPSA) is 129 Å². The zero-order valence-electron chi connectivity index (χ0n) is 15.0. The molecule has 0 atom stereocenters. The van der Waals surface area contributed by atoms with Crippen LogP contribution in [-0.2, 0) is 0 Å². The molecule has 146 valence electrons. The lowest BCUT2D eigenvalue weighted by molar-refractivity contribution is 0.144. The van der Waals surface area contributed by atoms with Crippen LogP contribution in [0.2, 0.25) is 0 Å². The summed E-state index contributed by atoms with van der Waals surface area (Å²) in [4.78, 5) is 30.0. The largest absolute Gasteiger partial charge is 0.511 e. The van der Waals surface area contributed by atoms with Gasteiger partial charge in [0.1, 0.15) is 17.2 Å². The lowest BCUT2D eigenvalue weighted by Crippen LogP contribution is -2.13. The van der Waals surface area contributed by atoms with Crippen LogP contribution in [0.25, 0.3) is 16.9 Å². The second-order valence-electron chi connectivity index (χ2n) is 5.83. The monoisotopic (exact) mass is 394 g/mol. The van der Waals surface area contributed by atoms with Crippen LogP contribution in [0.15, 0.2) is 59.7 Å². The molecule has 0 radical (unpaired) electrons. The highest BCUT2D eigenvalue weighted by Gasteiger charge is 2.11. The van der Waals surface area contributed by atoms with Crippen molar-refractivity contribution >= 4 is 17.1 Å². The highest BCUT2D eigenvalue weighted by Crippen LogP contribution is 2.25. The van der Waals surface area contributed by atoms with Gasteiger partial charge >= 0.3 is 6.16 Å². The van der Waals surface area contributed by atoms with Gasteiger partial charge in [-0.3, -0.25) is 9.78 Å². The van der Waals surface area contributed by atoms with E-state index in [1.165, 1.54) is 17.1 Å². The third kappa shape index (κ3) is 3.86. The first-order valence-electron chi connectivity index (χ1n) is 8.33. The van der Waals surface area contributed by atoms with Crippen molar-refractivity contribution in [3.05, 3.63) is 65.2 Å². The van der Waals surface area contributed by atoms with Crippen LogP contribution in [0.1, 0.15) is 0 Å². The van der Waals surface area contributed by atoms with Crippen LogP contribution < -0.4 is 19.8 Å². The van der Waals surface area contributed by atoms with Crippen LogP contribution in [0.4, 0.5) is 4.79 Å². The van der Waals surface area contributed by atoms with Crippen LogP contribution in [-0.4, -0.2) is 38.1 Å². The van der Waals surface area contributed by atoms with E-state index >= 15 is 0 Å². The molecule has 0 saturated heterocycles. The Morgan fingerprint density at radius 1 is 1.07 bits per heavy atom. The van der Waals surface area contributed by atoms with Crippen molar-refractivity contribution in [2.24, 2.45) is 0 Å². The summed E-state index contributed by atoms with van der Waals surface area (Å²) < 4.78 is 16.6. The third-order valence-electron chi connectivity index (χ3n) is 3.94. The van der Waals surface area contributed by atoms with E-state index in [9.17, 15) is 9.59 Å². The molecule has 0 unspecified atom stereocenters. The van der Waals surface area contributed by atoms with E-state index in [0.29, 0.717) is 28.2 Å². The zero-order chi connectivity index (χ0) is 20.4. The van der Waals surface area contributed by atoms with Gasteiger partial charge in [-0.25, -0.2) is 14.5 Å². The van der Waals surface area contributed by atoms with Gasteiger partial charge in [0, 0.05) is 0 Å². The predicted molar refractivity (Wildman–Crippen MR) is 101 cm³/mol. The normalized spacial score (nSPS) is 10.7. The summed E-state index contributed by atoms with van der Waals surface area (Å²) in [5.74, 6) is 1.89. The van der Waals surface area contributed by atoms with Crippen molar-refractivity contribution in [3.8, 4) is 28.9 Å². The number of fused-ring (bicyclic) bond motifs is 1. The Labute approximate surface area is 162 Å². The summed E-state index contributed by atoms with van der Waals surface area (Å²) in [5.41, 5.74) is 0.0171. The maximum absolute atomic E-state index is 12.5. The molecule has 10 nitrogen and oxygen atoms in total. The molecule has 4 rings (SSSR count). The fourth-order valence-corrected chi connectivity index (χ4v) is 2.63. The third-order valence-corrected chi connectivity index (χ3v) is 3.94. The van der Waals surface area contributed by atoms with Gasteiger partial charge in [0.25, 0.3) is 5.56 Å². The number of carbonyl (C=O) groups is 1. The minimum Gasteiger partial charge on any atom is -0.497 e. The molecule has 0 aliphatic rings. The smallest absolute Gasteiger partial charge is 0.497 e. The van der Waals surface area contributed by atoms with Crippen molar-refractivity contribution in [3.63, 3.8) is 0 Å². The number of benzene rings is 2. The van der Waals surface area contributed by atoms with Gasteiger partial charge in [-0.05, 0) is 42.5 Å². The average molecular weight is 394 g/mol. The Morgan fingerprint density at radius 2 is 1.79 bits per heavy atom. The maximum atomic E-state index is 12.5. The Balaban J connectivity index is 1.63. The number of H-pyrrole nitrogens is 1. The Morgan fingerprint density at radius 3 is 2.52 bits per heavy atom. The minimum atomic E-state index is -1.46. The van der Waals surface area contributed by atoms with Gasteiger partial charge < -0.3 is 19.3 Å². The predicted octanol–water partition coefficient (Wildman–Crippen LogP) is 2.97. The number of nitrogens with zero attached hydrogens (tertiary/aromatic N) is 3. The maximum Gasteiger partial charge on any atom is 0.511 e. The van der Waals surface area contributed by atoms with Gasteiger partial charge in [0.2, 0.25) is 5.95 Å². The van der Waals surface area contributed by atoms with Crippen molar-refractivity contribution in [2.45, 2.75) is 0 Å². The molecule has 10 heteroatoms. The van der Waals surface area contributed by atoms with E-state index in [0.717, 1.165) is 0 Å². The molecule has 2 heterocycles. The van der Waals surface area contributed by atoms with Gasteiger partial charge in [-0.15, -0.1) is 0 Å². The first kappa shape index (κ1) is 18.0. The lowest BCUT2D eigenvalue weighted by atomic mass is 10.2. The minimum absolute atomic E-state index is 0.00323. The van der Waals surface area contributed by atoms with E-state index < -0.39 is 11.7 Å². The molecule has 0 fully saturated rings. The van der Waals surface area contributed by atoms with Crippen molar-refractivity contribution < 1.29 is 24.1 Å². The van der Waals surface area contributed by atoms with Crippen molar-refractivity contribution in [2.75, 3.05) is 7.11 Å². The SMILES string of the molecule is COc1ccc(Oc2ccc3nc(-n4cc(OC(=O)O)cn4)[nH]c(=O)c3c2)cc1. The number of hydrogen-bond acceptors (Lipinski definition) is 7. The summed E-state index contributed by atoms with van der Waals surface area (Å²) in [6, 6.07) is 12.0. The molecule has 0 saturated carbocycles. The molecule has 2 N–H and O–H groups in total. The van der Waals surface area contributed by atoms with Gasteiger partial charge in [0.15, 0.2) is 5.75 Å². The highest BCUT2D eigenvalue weighted by molar-refractivity contribution is 5.79. The molecular weight excluding hydrogens is 380 g/mol. The quantitative estimate of drug-likeness (QED) is 0.494. The van der Waals surface area contributed by atoms with Crippen LogP contribution in [0.3, 0.4) is 0 Å². The van der Waals surface area contributed by atoms with Crippen LogP contribution in [0.5, 0.6) is 23.0 Å². The molecule has 0 aliphatic heterocycles.